The van der Waals surface area contributed by atoms with Crippen LogP contribution in [-0.2, 0) is 11.3 Å². The Balaban J connectivity index is 1.93. The summed E-state index contributed by atoms with van der Waals surface area (Å²) in [5, 5.41) is 12.5. The van der Waals surface area contributed by atoms with Gasteiger partial charge in [0.2, 0.25) is 0 Å². The third kappa shape index (κ3) is 3.80. The lowest BCUT2D eigenvalue weighted by molar-refractivity contribution is -0.141. The third-order valence-electron chi connectivity index (χ3n) is 3.03. The molecule has 1 aromatic rings. The van der Waals surface area contributed by atoms with Gasteiger partial charge in [-0.15, -0.1) is 0 Å². The molecule has 2 amide bonds. The first-order valence-corrected chi connectivity index (χ1v) is 7.70. The van der Waals surface area contributed by atoms with Crippen LogP contribution < -0.4 is 5.32 Å². The van der Waals surface area contributed by atoms with Gasteiger partial charge in [0.25, 0.3) is 0 Å². The summed E-state index contributed by atoms with van der Waals surface area (Å²) in [5.74, 6) is 0.237. The van der Waals surface area contributed by atoms with Gasteiger partial charge in [0, 0.05) is 29.6 Å². The quantitative estimate of drug-likeness (QED) is 0.896. The summed E-state index contributed by atoms with van der Waals surface area (Å²) < 4.78 is 0. The van der Waals surface area contributed by atoms with E-state index in [0.717, 1.165) is 11.3 Å². The molecule has 1 saturated heterocycles. The number of hydrogen-bond donors (Lipinski definition) is 2. The highest BCUT2D eigenvalue weighted by Gasteiger charge is 2.32. The highest BCUT2D eigenvalue weighted by molar-refractivity contribution is 7.99. The van der Waals surface area contributed by atoms with Crippen LogP contribution in [0.3, 0.4) is 0 Å². The Bertz CT molecular complexity index is 495. The number of halogens is 1. The van der Waals surface area contributed by atoms with Gasteiger partial charge in [-0.2, -0.15) is 11.8 Å². The molecule has 0 radical (unpaired) electrons. The second kappa shape index (κ2) is 6.85. The first-order valence-electron chi connectivity index (χ1n) is 6.17. The van der Waals surface area contributed by atoms with Crippen LogP contribution in [0.2, 0.25) is 5.02 Å². The highest BCUT2D eigenvalue weighted by Crippen LogP contribution is 2.17. The van der Waals surface area contributed by atoms with Gasteiger partial charge in [0.05, 0.1) is 0 Å². The third-order valence-corrected chi connectivity index (χ3v) is 4.31. The van der Waals surface area contributed by atoms with E-state index in [9.17, 15) is 9.59 Å². The largest absolute Gasteiger partial charge is 0.480 e. The van der Waals surface area contributed by atoms with Crippen LogP contribution in [0.5, 0.6) is 0 Å². The number of carbonyl (C=O) groups excluding carboxylic acids is 1. The summed E-state index contributed by atoms with van der Waals surface area (Å²) in [6.07, 6.45) is 0. The summed E-state index contributed by atoms with van der Waals surface area (Å²) in [6.45, 7) is 0.806. The van der Waals surface area contributed by atoms with E-state index in [4.69, 9.17) is 16.7 Å². The maximum absolute atomic E-state index is 12.1. The van der Waals surface area contributed by atoms with Gasteiger partial charge in [-0.1, -0.05) is 23.7 Å². The molecule has 1 aliphatic rings. The smallest absolute Gasteiger partial charge is 0.327 e. The molecule has 1 aromatic carbocycles. The zero-order chi connectivity index (χ0) is 14.5. The van der Waals surface area contributed by atoms with Crippen LogP contribution in [0, 0.1) is 0 Å². The van der Waals surface area contributed by atoms with Crippen LogP contribution in [0.1, 0.15) is 5.56 Å². The van der Waals surface area contributed by atoms with Crippen molar-refractivity contribution in [2.75, 3.05) is 18.1 Å². The fourth-order valence-corrected chi connectivity index (χ4v) is 3.10. The number of urea groups is 1. The van der Waals surface area contributed by atoms with Gasteiger partial charge in [-0.05, 0) is 17.7 Å². The molecule has 0 bridgehead atoms. The number of amides is 2. The fourth-order valence-electron chi connectivity index (χ4n) is 1.93. The molecule has 20 heavy (non-hydrogen) atoms. The van der Waals surface area contributed by atoms with Crippen LogP contribution >= 0.6 is 23.4 Å². The van der Waals surface area contributed by atoms with E-state index in [1.54, 1.807) is 23.9 Å². The van der Waals surface area contributed by atoms with Crippen molar-refractivity contribution in [3.63, 3.8) is 0 Å². The molecule has 1 atom stereocenters. The van der Waals surface area contributed by atoms with Crippen molar-refractivity contribution in [1.82, 2.24) is 10.2 Å². The average molecular weight is 315 g/mol. The predicted molar refractivity (Wildman–Crippen MR) is 79.1 cm³/mol. The second-order valence-electron chi connectivity index (χ2n) is 4.41. The molecule has 5 nitrogen and oxygen atoms in total. The highest BCUT2D eigenvalue weighted by atomic mass is 35.5. The number of benzene rings is 1. The molecule has 2 N–H and O–H groups in total. The SMILES string of the molecule is O=C(O)C1CSCCN1C(=O)NCc1ccc(Cl)cc1. The summed E-state index contributed by atoms with van der Waals surface area (Å²) in [7, 11) is 0. The Morgan fingerprint density at radius 1 is 1.40 bits per heavy atom. The number of thioether (sulfide) groups is 1. The number of hydrogen-bond acceptors (Lipinski definition) is 3. The summed E-state index contributed by atoms with van der Waals surface area (Å²) >= 11 is 7.34. The Kier molecular flexibility index (Phi) is 5.14. The van der Waals surface area contributed by atoms with Crippen LogP contribution in [-0.4, -0.2) is 46.1 Å². The first-order chi connectivity index (χ1) is 9.58. The van der Waals surface area contributed by atoms with Crippen LogP contribution in [0.4, 0.5) is 4.79 Å². The molecule has 1 heterocycles. The second-order valence-corrected chi connectivity index (χ2v) is 5.99. The molecule has 0 saturated carbocycles. The number of rotatable bonds is 3. The zero-order valence-corrected chi connectivity index (χ0v) is 12.3. The molecule has 0 spiro atoms. The van der Waals surface area contributed by atoms with Crippen molar-refractivity contribution in [2.24, 2.45) is 0 Å². The van der Waals surface area contributed by atoms with Crippen LogP contribution in [0.25, 0.3) is 0 Å². The van der Waals surface area contributed by atoms with Crippen molar-refractivity contribution >= 4 is 35.4 Å². The number of carboxylic acids is 1. The molecule has 108 valence electrons. The normalized spacial score (nSPS) is 18.6. The molecule has 1 fully saturated rings. The summed E-state index contributed by atoms with van der Waals surface area (Å²) in [6, 6.07) is 6.06. The molecular weight excluding hydrogens is 300 g/mol. The zero-order valence-electron chi connectivity index (χ0n) is 10.7. The van der Waals surface area contributed by atoms with E-state index in [0.29, 0.717) is 23.9 Å². The number of carboxylic acid groups (broad SMARTS) is 1. The maximum Gasteiger partial charge on any atom is 0.327 e. The Hall–Kier alpha value is -1.40. The predicted octanol–water partition coefficient (Wildman–Crippen LogP) is 2.05. The molecule has 1 unspecified atom stereocenters. The topological polar surface area (TPSA) is 69.6 Å². The van der Waals surface area contributed by atoms with Gasteiger partial charge in [0.15, 0.2) is 0 Å². The number of nitrogens with zero attached hydrogens (tertiary/aromatic N) is 1. The standard InChI is InChI=1S/C13H15ClN2O3S/c14-10-3-1-9(2-4-10)7-15-13(19)16-5-6-20-8-11(16)12(17)18/h1-4,11H,5-8H2,(H,15,19)(H,17,18). The van der Waals surface area contributed by atoms with Crippen molar-refractivity contribution in [1.29, 1.82) is 0 Å². The van der Waals surface area contributed by atoms with Crippen molar-refractivity contribution < 1.29 is 14.7 Å². The minimum Gasteiger partial charge on any atom is -0.480 e. The van der Waals surface area contributed by atoms with Crippen molar-refractivity contribution in [3.05, 3.63) is 34.9 Å². The molecule has 2 rings (SSSR count). The fraction of sp³-hybridized carbons (Fsp3) is 0.385. The van der Waals surface area contributed by atoms with Crippen molar-refractivity contribution in [2.45, 2.75) is 12.6 Å². The number of carbonyl (C=O) groups is 2. The summed E-state index contributed by atoms with van der Waals surface area (Å²) in [4.78, 5) is 24.6. The summed E-state index contributed by atoms with van der Waals surface area (Å²) in [5.41, 5.74) is 0.918. The molecule has 0 aromatic heterocycles. The van der Waals surface area contributed by atoms with E-state index in [2.05, 4.69) is 5.32 Å². The first kappa shape index (κ1) is 15.0. The minimum atomic E-state index is -0.959. The van der Waals surface area contributed by atoms with E-state index in [1.165, 1.54) is 4.90 Å². The molecule has 1 aliphatic heterocycles. The van der Waals surface area contributed by atoms with E-state index >= 15 is 0 Å². The minimum absolute atomic E-state index is 0.340. The van der Waals surface area contributed by atoms with Gasteiger partial charge < -0.3 is 15.3 Å². The van der Waals surface area contributed by atoms with Gasteiger partial charge in [0.1, 0.15) is 6.04 Å². The Labute approximate surface area is 126 Å². The Morgan fingerprint density at radius 3 is 2.75 bits per heavy atom. The van der Waals surface area contributed by atoms with E-state index < -0.39 is 12.0 Å². The van der Waals surface area contributed by atoms with Crippen LogP contribution in [0.15, 0.2) is 24.3 Å². The van der Waals surface area contributed by atoms with E-state index in [1.807, 2.05) is 12.1 Å². The number of nitrogens with one attached hydrogen (secondary N) is 1. The van der Waals surface area contributed by atoms with Gasteiger partial charge in [-0.3, -0.25) is 0 Å². The molecule has 0 aliphatic carbocycles. The van der Waals surface area contributed by atoms with E-state index in [-0.39, 0.29) is 6.03 Å². The lowest BCUT2D eigenvalue weighted by Gasteiger charge is -2.32. The molecular formula is C13H15ClN2O3S. The Morgan fingerprint density at radius 2 is 2.10 bits per heavy atom. The number of aliphatic carboxylic acids is 1. The monoisotopic (exact) mass is 314 g/mol. The lowest BCUT2D eigenvalue weighted by atomic mass is 10.2. The average Bonchev–Trinajstić information content (AvgIpc) is 2.46. The lowest BCUT2D eigenvalue weighted by Crippen LogP contribution is -2.53. The maximum atomic E-state index is 12.1. The molecule has 7 heteroatoms. The van der Waals surface area contributed by atoms with Gasteiger partial charge >= 0.3 is 12.0 Å². The van der Waals surface area contributed by atoms with Gasteiger partial charge in [-0.25, -0.2) is 9.59 Å². The van der Waals surface area contributed by atoms with Crippen molar-refractivity contribution in [3.8, 4) is 0 Å².